The third-order valence-electron chi connectivity index (χ3n) is 4.01. The first-order chi connectivity index (χ1) is 13.5. The molecule has 2 aromatic rings. The molecule has 29 heavy (non-hydrogen) atoms. The van der Waals surface area contributed by atoms with E-state index >= 15 is 0 Å². The first-order valence-corrected chi connectivity index (χ1v) is 10.2. The highest BCUT2D eigenvalue weighted by molar-refractivity contribution is 14.0. The third-order valence-corrected chi connectivity index (χ3v) is 4.33. The Morgan fingerprint density at radius 2 is 2.00 bits per heavy atom. The zero-order valence-electron chi connectivity index (χ0n) is 17.4. The van der Waals surface area contributed by atoms with E-state index in [0.717, 1.165) is 24.7 Å². The number of hydrogen-bond donors (Lipinski definition) is 2. The molecule has 1 aromatic carbocycles. The van der Waals surface area contributed by atoms with Gasteiger partial charge in [-0.25, -0.2) is 4.99 Å². The molecule has 9 heteroatoms. The number of rotatable bonds is 10. The van der Waals surface area contributed by atoms with E-state index in [-0.39, 0.29) is 36.0 Å². The monoisotopic (exact) mass is 535 g/mol. The molecule has 0 saturated carbocycles. The number of para-hydroxylation sites is 1. The molecule has 1 aromatic heterocycles. The average Bonchev–Trinajstić information content (AvgIpc) is 3.15. The highest BCUT2D eigenvalue weighted by atomic mass is 127. The fraction of sp³-hybridized carbons (Fsp3) is 0.550. The van der Waals surface area contributed by atoms with Crippen molar-refractivity contribution < 1.29 is 9.26 Å². The van der Waals surface area contributed by atoms with E-state index in [1.54, 1.807) is 0 Å². The highest BCUT2D eigenvalue weighted by Gasteiger charge is 2.12. The summed E-state index contributed by atoms with van der Waals surface area (Å²) in [4.78, 5) is 9.02. The predicted octanol–water partition coefficient (Wildman–Crippen LogP) is 4.42. The Kier molecular flexibility index (Phi) is 12.0. The van der Waals surface area contributed by atoms with Crippen LogP contribution in [-0.4, -0.2) is 41.8 Å². The van der Waals surface area contributed by atoms with Gasteiger partial charge in [0.25, 0.3) is 0 Å². The predicted molar refractivity (Wildman–Crippen MR) is 128 cm³/mol. The SMILES string of the molecule is CCNC(=NCC(CC)Oc1ccccc1Cl)NCCc1nc(C(C)C)no1.I. The highest BCUT2D eigenvalue weighted by Crippen LogP contribution is 2.24. The molecule has 7 nitrogen and oxygen atoms in total. The van der Waals surface area contributed by atoms with Crippen LogP contribution in [0, 0.1) is 0 Å². The summed E-state index contributed by atoms with van der Waals surface area (Å²) in [7, 11) is 0. The Hall–Kier alpha value is -1.55. The normalized spacial score (nSPS) is 12.4. The summed E-state index contributed by atoms with van der Waals surface area (Å²) in [6.45, 7) is 10.1. The number of ether oxygens (including phenoxy) is 1. The molecule has 0 aliphatic heterocycles. The van der Waals surface area contributed by atoms with Crippen LogP contribution in [0.1, 0.15) is 51.7 Å². The van der Waals surface area contributed by atoms with E-state index in [1.165, 1.54) is 0 Å². The van der Waals surface area contributed by atoms with Gasteiger partial charge in [-0.15, -0.1) is 24.0 Å². The van der Waals surface area contributed by atoms with E-state index in [4.69, 9.17) is 20.9 Å². The lowest BCUT2D eigenvalue weighted by Gasteiger charge is -2.18. The van der Waals surface area contributed by atoms with Gasteiger partial charge in [-0.2, -0.15) is 4.98 Å². The number of aliphatic imine (C=N–C) groups is 1. The van der Waals surface area contributed by atoms with E-state index in [1.807, 2.05) is 45.0 Å². The standard InChI is InChI=1S/C20H30ClN5O2.HI/c1-5-15(27-17-10-8-7-9-16(17)21)13-24-20(22-6-2)23-12-11-18-25-19(14(3)4)26-28-18;/h7-10,14-15H,5-6,11-13H2,1-4H3,(H2,22,23,24);1H. The van der Waals surface area contributed by atoms with Crippen molar-refractivity contribution in [2.75, 3.05) is 19.6 Å². The van der Waals surface area contributed by atoms with Crippen LogP contribution in [0.4, 0.5) is 0 Å². The van der Waals surface area contributed by atoms with Gasteiger partial charge in [0.1, 0.15) is 11.9 Å². The van der Waals surface area contributed by atoms with Gasteiger partial charge >= 0.3 is 0 Å². The van der Waals surface area contributed by atoms with Crippen molar-refractivity contribution >= 4 is 41.5 Å². The van der Waals surface area contributed by atoms with E-state index in [9.17, 15) is 0 Å². The molecule has 1 heterocycles. The Morgan fingerprint density at radius 3 is 2.62 bits per heavy atom. The summed E-state index contributed by atoms with van der Waals surface area (Å²) in [5, 5.41) is 11.1. The van der Waals surface area contributed by atoms with Gasteiger partial charge in [0, 0.05) is 25.4 Å². The first-order valence-electron chi connectivity index (χ1n) is 9.79. The number of nitrogens with one attached hydrogen (secondary N) is 2. The van der Waals surface area contributed by atoms with Crippen molar-refractivity contribution in [2.45, 2.75) is 52.6 Å². The number of aromatic nitrogens is 2. The summed E-state index contributed by atoms with van der Waals surface area (Å²) < 4.78 is 11.3. The van der Waals surface area contributed by atoms with Crippen molar-refractivity contribution in [3.8, 4) is 5.75 Å². The minimum absolute atomic E-state index is 0. The van der Waals surface area contributed by atoms with Crippen LogP contribution >= 0.6 is 35.6 Å². The van der Waals surface area contributed by atoms with Gasteiger partial charge in [-0.05, 0) is 25.5 Å². The van der Waals surface area contributed by atoms with Gasteiger partial charge in [-0.3, -0.25) is 0 Å². The Labute approximate surface area is 195 Å². The summed E-state index contributed by atoms with van der Waals surface area (Å²) in [6.07, 6.45) is 1.41. The van der Waals surface area contributed by atoms with Gasteiger partial charge in [0.05, 0.1) is 11.6 Å². The molecular weight excluding hydrogens is 505 g/mol. The minimum Gasteiger partial charge on any atom is -0.487 e. The van der Waals surface area contributed by atoms with Gasteiger partial charge in [-0.1, -0.05) is 49.7 Å². The van der Waals surface area contributed by atoms with Crippen molar-refractivity contribution in [2.24, 2.45) is 4.99 Å². The largest absolute Gasteiger partial charge is 0.487 e. The van der Waals surface area contributed by atoms with Crippen LogP contribution in [0.25, 0.3) is 0 Å². The molecule has 2 N–H and O–H groups in total. The van der Waals surface area contributed by atoms with Crippen LogP contribution in [-0.2, 0) is 6.42 Å². The van der Waals surface area contributed by atoms with Crippen LogP contribution < -0.4 is 15.4 Å². The van der Waals surface area contributed by atoms with E-state index in [0.29, 0.717) is 36.2 Å². The minimum atomic E-state index is -0.0557. The fourth-order valence-electron chi connectivity index (χ4n) is 2.40. The van der Waals surface area contributed by atoms with Crippen molar-refractivity contribution in [3.05, 3.63) is 41.0 Å². The summed E-state index contributed by atoms with van der Waals surface area (Å²) >= 11 is 6.18. The van der Waals surface area contributed by atoms with Crippen LogP contribution in [0.3, 0.4) is 0 Å². The molecular formula is C20H31ClIN5O2. The Balaban J connectivity index is 0.00000420. The average molecular weight is 536 g/mol. The second-order valence-electron chi connectivity index (χ2n) is 6.68. The summed E-state index contributed by atoms with van der Waals surface area (Å²) in [6, 6.07) is 7.48. The fourth-order valence-corrected chi connectivity index (χ4v) is 2.58. The molecule has 0 fully saturated rings. The Morgan fingerprint density at radius 1 is 1.24 bits per heavy atom. The molecule has 0 aliphatic rings. The van der Waals surface area contributed by atoms with Gasteiger partial charge in [0.2, 0.25) is 5.89 Å². The molecule has 0 spiro atoms. The maximum Gasteiger partial charge on any atom is 0.228 e. The topological polar surface area (TPSA) is 84.6 Å². The number of benzene rings is 1. The lowest BCUT2D eigenvalue weighted by atomic mass is 10.2. The third kappa shape index (κ3) is 8.77. The summed E-state index contributed by atoms with van der Waals surface area (Å²) in [5.74, 6) is 3.03. The second kappa shape index (κ2) is 13.6. The van der Waals surface area contributed by atoms with Crippen LogP contribution in [0.15, 0.2) is 33.8 Å². The zero-order chi connectivity index (χ0) is 20.4. The van der Waals surface area contributed by atoms with Gasteiger partial charge < -0.3 is 19.9 Å². The molecule has 0 amide bonds. The first kappa shape index (κ1) is 25.5. The van der Waals surface area contributed by atoms with E-state index < -0.39 is 0 Å². The van der Waals surface area contributed by atoms with Gasteiger partial charge in [0.15, 0.2) is 11.8 Å². The van der Waals surface area contributed by atoms with Crippen molar-refractivity contribution in [1.29, 1.82) is 0 Å². The second-order valence-corrected chi connectivity index (χ2v) is 7.08. The van der Waals surface area contributed by atoms with Crippen LogP contribution in [0.5, 0.6) is 5.75 Å². The molecule has 0 saturated heterocycles. The number of hydrogen-bond acceptors (Lipinski definition) is 5. The van der Waals surface area contributed by atoms with Crippen molar-refractivity contribution in [3.63, 3.8) is 0 Å². The van der Waals surface area contributed by atoms with Crippen LogP contribution in [0.2, 0.25) is 5.02 Å². The van der Waals surface area contributed by atoms with Crippen molar-refractivity contribution in [1.82, 2.24) is 20.8 Å². The summed E-state index contributed by atoms with van der Waals surface area (Å²) in [5.41, 5.74) is 0. The molecule has 0 bridgehead atoms. The molecule has 162 valence electrons. The molecule has 2 rings (SSSR count). The Bertz CT molecular complexity index is 754. The van der Waals surface area contributed by atoms with E-state index in [2.05, 4.69) is 32.7 Å². The number of guanidine groups is 1. The lowest BCUT2D eigenvalue weighted by Crippen LogP contribution is -2.39. The number of halogens is 2. The lowest BCUT2D eigenvalue weighted by molar-refractivity contribution is 0.206. The maximum absolute atomic E-state index is 6.18. The molecule has 1 unspecified atom stereocenters. The molecule has 0 radical (unpaired) electrons. The smallest absolute Gasteiger partial charge is 0.228 e. The maximum atomic E-state index is 6.18. The zero-order valence-corrected chi connectivity index (χ0v) is 20.5. The molecule has 1 atom stereocenters. The quantitative estimate of drug-likeness (QED) is 0.266. The molecule has 0 aliphatic carbocycles. The number of nitrogens with zero attached hydrogens (tertiary/aromatic N) is 3.